The first-order chi connectivity index (χ1) is 18.2. The fourth-order valence-electron chi connectivity index (χ4n) is 5.72. The number of aromatic nitrogens is 2. The van der Waals surface area contributed by atoms with Crippen LogP contribution in [0.2, 0.25) is 0 Å². The number of fused-ring (bicyclic) bond motifs is 1. The van der Waals surface area contributed by atoms with Crippen LogP contribution in [0, 0.1) is 5.92 Å². The molecule has 0 radical (unpaired) electrons. The molecule has 8 heteroatoms. The van der Waals surface area contributed by atoms with Crippen molar-refractivity contribution in [3.05, 3.63) is 51.7 Å². The van der Waals surface area contributed by atoms with E-state index < -0.39 is 17.7 Å². The standard InChI is InChI=1S/C30H35N3O4S/c1-6-30(4,5)37-26(28(34)35)21-16(2)17(3)24-27(38-29(32-24)33-13-7-14-33)23(21)19-8-9-20-22-18(11-15-36-20)10-12-31-25(19)22/h8-10,12,16-17,26H,6-7,11,13-15H2,1-5H3,(H,34,35)/t16?,17?,26-/m0/s1. The van der Waals surface area contributed by atoms with Crippen molar-refractivity contribution < 1.29 is 19.4 Å². The third kappa shape index (κ3) is 4.00. The van der Waals surface area contributed by atoms with E-state index in [0.717, 1.165) is 68.6 Å². The smallest absolute Gasteiger partial charge is 0.337 e. The van der Waals surface area contributed by atoms with Crippen LogP contribution < -0.4 is 9.64 Å². The van der Waals surface area contributed by atoms with Gasteiger partial charge in [0, 0.05) is 48.1 Å². The van der Waals surface area contributed by atoms with Crippen LogP contribution in [0.25, 0.3) is 16.5 Å². The zero-order chi connectivity index (χ0) is 26.8. The van der Waals surface area contributed by atoms with Gasteiger partial charge in [-0.1, -0.05) is 32.1 Å². The van der Waals surface area contributed by atoms with E-state index in [1.54, 1.807) is 11.3 Å². The van der Waals surface area contributed by atoms with Crippen LogP contribution >= 0.6 is 11.3 Å². The molecule has 1 fully saturated rings. The molecule has 1 saturated heterocycles. The lowest BCUT2D eigenvalue weighted by atomic mass is 9.74. The molecule has 4 heterocycles. The Morgan fingerprint density at radius 1 is 1.26 bits per heavy atom. The summed E-state index contributed by atoms with van der Waals surface area (Å²) in [6, 6.07) is 6.12. The molecule has 3 aromatic rings. The van der Waals surface area contributed by atoms with E-state index in [0.29, 0.717) is 13.0 Å². The molecule has 1 aliphatic carbocycles. The highest BCUT2D eigenvalue weighted by molar-refractivity contribution is 7.17. The molecular weight excluding hydrogens is 498 g/mol. The molecular formula is C30H35N3O4S. The number of thiazole rings is 1. The van der Waals surface area contributed by atoms with Gasteiger partial charge in [-0.05, 0) is 61.9 Å². The monoisotopic (exact) mass is 533 g/mol. The fourth-order valence-corrected chi connectivity index (χ4v) is 7.02. The zero-order valence-electron chi connectivity index (χ0n) is 22.7. The summed E-state index contributed by atoms with van der Waals surface area (Å²) < 4.78 is 12.4. The van der Waals surface area contributed by atoms with Gasteiger partial charge in [0.25, 0.3) is 0 Å². The van der Waals surface area contributed by atoms with Gasteiger partial charge in [0.2, 0.25) is 0 Å². The maximum absolute atomic E-state index is 12.9. The van der Waals surface area contributed by atoms with E-state index in [-0.39, 0.29) is 11.8 Å². The third-order valence-corrected chi connectivity index (χ3v) is 9.74. The Bertz CT molecular complexity index is 1440. The van der Waals surface area contributed by atoms with Gasteiger partial charge in [0.15, 0.2) is 11.2 Å². The number of pyridine rings is 1. The van der Waals surface area contributed by atoms with E-state index in [4.69, 9.17) is 19.4 Å². The van der Waals surface area contributed by atoms with E-state index in [1.165, 1.54) is 12.0 Å². The Morgan fingerprint density at radius 3 is 2.74 bits per heavy atom. The summed E-state index contributed by atoms with van der Waals surface area (Å²) in [6.07, 6.45) is 3.47. The van der Waals surface area contributed by atoms with Crippen LogP contribution in [0.3, 0.4) is 0 Å². The lowest BCUT2D eigenvalue weighted by Gasteiger charge is -2.37. The van der Waals surface area contributed by atoms with Crippen LogP contribution in [0.1, 0.15) is 75.1 Å². The predicted octanol–water partition coefficient (Wildman–Crippen LogP) is 6.05. The van der Waals surface area contributed by atoms with Crippen LogP contribution in [-0.2, 0) is 16.0 Å². The molecule has 3 atom stereocenters. The number of hydrogen-bond acceptors (Lipinski definition) is 7. The minimum Gasteiger partial charge on any atom is -0.493 e. The van der Waals surface area contributed by atoms with E-state index >= 15 is 0 Å². The van der Waals surface area contributed by atoms with Crippen LogP contribution in [-0.4, -0.2) is 52.4 Å². The molecule has 38 heavy (non-hydrogen) atoms. The van der Waals surface area contributed by atoms with E-state index in [9.17, 15) is 9.90 Å². The molecule has 0 amide bonds. The van der Waals surface area contributed by atoms with Crippen LogP contribution in [0.15, 0.2) is 30.0 Å². The van der Waals surface area contributed by atoms with Crippen molar-refractivity contribution >= 4 is 38.9 Å². The third-order valence-electron chi connectivity index (χ3n) is 8.59. The average Bonchev–Trinajstić information content (AvgIpc) is 3.29. The minimum atomic E-state index is -1.08. The van der Waals surface area contributed by atoms with Gasteiger partial charge < -0.3 is 19.5 Å². The number of carboxylic acids is 1. The molecule has 1 aromatic carbocycles. The molecule has 200 valence electrons. The first-order valence-electron chi connectivity index (χ1n) is 13.6. The number of ether oxygens (including phenoxy) is 2. The van der Waals surface area contributed by atoms with Gasteiger partial charge in [-0.25, -0.2) is 9.78 Å². The molecule has 0 bridgehead atoms. The number of carboxylic acid groups (broad SMARTS) is 1. The molecule has 2 aromatic heterocycles. The van der Waals surface area contributed by atoms with Gasteiger partial charge in [-0.3, -0.25) is 4.98 Å². The minimum absolute atomic E-state index is 0.0569. The predicted molar refractivity (Wildman–Crippen MR) is 150 cm³/mol. The van der Waals surface area contributed by atoms with Crippen LogP contribution in [0.4, 0.5) is 5.13 Å². The molecule has 3 aliphatic rings. The summed E-state index contributed by atoms with van der Waals surface area (Å²) in [6.45, 7) is 12.9. The lowest BCUT2D eigenvalue weighted by molar-refractivity contribution is -0.158. The highest BCUT2D eigenvalue weighted by atomic mass is 32.1. The normalized spacial score (nSPS) is 21.7. The SMILES string of the molecule is CCC(C)(C)O[C@H](C(=O)O)C1=C(c2ccc3c4c(ccnc24)CCO3)c2sc(N3CCC3)nc2C(C)C1C. The highest BCUT2D eigenvalue weighted by Gasteiger charge is 2.43. The summed E-state index contributed by atoms with van der Waals surface area (Å²) in [5, 5.41) is 12.6. The van der Waals surface area contributed by atoms with Gasteiger partial charge in [-0.15, -0.1) is 0 Å². The molecule has 0 saturated carbocycles. The largest absolute Gasteiger partial charge is 0.493 e. The maximum atomic E-state index is 12.9. The second kappa shape index (κ2) is 9.35. The number of benzene rings is 1. The van der Waals surface area contributed by atoms with E-state index in [2.05, 4.69) is 30.9 Å². The molecule has 2 aliphatic heterocycles. The average molecular weight is 534 g/mol. The molecule has 6 rings (SSSR count). The molecule has 0 spiro atoms. The number of rotatable bonds is 7. The Kier molecular flexibility index (Phi) is 6.23. The van der Waals surface area contributed by atoms with E-state index in [1.807, 2.05) is 33.0 Å². The van der Waals surface area contributed by atoms with Gasteiger partial charge in [0.1, 0.15) is 5.75 Å². The topological polar surface area (TPSA) is 84.8 Å². The number of nitrogens with zero attached hydrogens (tertiary/aromatic N) is 3. The number of anilines is 1. The van der Waals surface area contributed by atoms with Crippen molar-refractivity contribution in [1.29, 1.82) is 0 Å². The van der Waals surface area contributed by atoms with Crippen molar-refractivity contribution in [2.45, 2.75) is 71.5 Å². The molecule has 7 nitrogen and oxygen atoms in total. The Morgan fingerprint density at radius 2 is 2.05 bits per heavy atom. The van der Waals surface area contributed by atoms with Crippen LogP contribution in [0.5, 0.6) is 5.75 Å². The second-order valence-electron chi connectivity index (χ2n) is 11.3. The Balaban J connectivity index is 1.66. The summed E-state index contributed by atoms with van der Waals surface area (Å²) in [7, 11) is 0. The first-order valence-corrected chi connectivity index (χ1v) is 14.5. The second-order valence-corrected chi connectivity index (χ2v) is 12.3. The van der Waals surface area contributed by atoms with Crippen molar-refractivity contribution in [3.8, 4) is 5.75 Å². The quantitative estimate of drug-likeness (QED) is 0.396. The van der Waals surface area contributed by atoms with Crippen molar-refractivity contribution in [3.63, 3.8) is 0 Å². The molecule has 1 N–H and O–H groups in total. The van der Waals surface area contributed by atoms with Crippen molar-refractivity contribution in [2.24, 2.45) is 5.92 Å². The van der Waals surface area contributed by atoms with Gasteiger partial charge >= 0.3 is 5.97 Å². The summed E-state index contributed by atoms with van der Waals surface area (Å²) in [5.41, 5.74) is 5.15. The zero-order valence-corrected chi connectivity index (χ0v) is 23.5. The lowest BCUT2D eigenvalue weighted by Crippen LogP contribution is -2.40. The fraction of sp³-hybridized carbons (Fsp3) is 0.500. The highest BCUT2D eigenvalue weighted by Crippen LogP contribution is 2.52. The van der Waals surface area contributed by atoms with Crippen molar-refractivity contribution in [1.82, 2.24) is 9.97 Å². The maximum Gasteiger partial charge on any atom is 0.337 e. The summed E-state index contributed by atoms with van der Waals surface area (Å²) >= 11 is 1.67. The first kappa shape index (κ1) is 25.3. The summed E-state index contributed by atoms with van der Waals surface area (Å²) in [4.78, 5) is 26.2. The Hall–Kier alpha value is -2.97. The number of hydrogen-bond donors (Lipinski definition) is 1. The molecule has 2 unspecified atom stereocenters. The Labute approximate surface area is 227 Å². The summed E-state index contributed by atoms with van der Waals surface area (Å²) in [5.74, 6) is -0.157. The number of carbonyl (C=O) groups is 1. The number of aliphatic carboxylic acids is 1. The van der Waals surface area contributed by atoms with Gasteiger partial charge in [-0.2, -0.15) is 0 Å². The van der Waals surface area contributed by atoms with Crippen molar-refractivity contribution in [2.75, 3.05) is 24.6 Å². The van der Waals surface area contributed by atoms with Gasteiger partial charge in [0.05, 0.1) is 28.3 Å².